The SMILES string of the molecule is Cc1c2c(c(C)c3ccccc13)CC(c1ccccc1)=C2. The van der Waals surface area contributed by atoms with E-state index in [0.717, 1.165) is 6.42 Å². The summed E-state index contributed by atoms with van der Waals surface area (Å²) in [6, 6.07) is 19.5. The van der Waals surface area contributed by atoms with E-state index in [9.17, 15) is 0 Å². The highest BCUT2D eigenvalue weighted by atomic mass is 14.2. The zero-order chi connectivity index (χ0) is 14.4. The minimum Gasteiger partial charge on any atom is -0.0622 e. The van der Waals surface area contributed by atoms with Gasteiger partial charge in [0.25, 0.3) is 0 Å². The lowest BCUT2D eigenvalue weighted by Gasteiger charge is -2.13. The van der Waals surface area contributed by atoms with Gasteiger partial charge in [0, 0.05) is 0 Å². The summed E-state index contributed by atoms with van der Waals surface area (Å²) in [5.74, 6) is 0. The molecule has 0 heteroatoms. The molecule has 0 amide bonds. The first-order chi connectivity index (χ1) is 10.3. The van der Waals surface area contributed by atoms with Crippen molar-refractivity contribution in [3.8, 4) is 0 Å². The van der Waals surface area contributed by atoms with Crippen LogP contribution >= 0.6 is 0 Å². The lowest BCUT2D eigenvalue weighted by molar-refractivity contribution is 1.25. The molecule has 0 radical (unpaired) electrons. The van der Waals surface area contributed by atoms with Gasteiger partial charge in [0.1, 0.15) is 0 Å². The summed E-state index contributed by atoms with van der Waals surface area (Å²) < 4.78 is 0. The molecule has 0 unspecified atom stereocenters. The van der Waals surface area contributed by atoms with Gasteiger partial charge in [0.2, 0.25) is 0 Å². The van der Waals surface area contributed by atoms with Crippen LogP contribution in [0.1, 0.15) is 27.8 Å². The quantitative estimate of drug-likeness (QED) is 0.543. The second-order valence-corrected chi connectivity index (χ2v) is 5.90. The average molecular weight is 270 g/mol. The van der Waals surface area contributed by atoms with E-state index in [4.69, 9.17) is 0 Å². The molecule has 0 aliphatic heterocycles. The first-order valence-electron chi connectivity index (χ1n) is 7.52. The van der Waals surface area contributed by atoms with Gasteiger partial charge in [-0.05, 0) is 64.4 Å². The highest BCUT2D eigenvalue weighted by Crippen LogP contribution is 2.39. The van der Waals surface area contributed by atoms with Crippen LogP contribution in [0.15, 0.2) is 54.6 Å². The van der Waals surface area contributed by atoms with Crippen molar-refractivity contribution >= 4 is 22.4 Å². The van der Waals surface area contributed by atoms with Crippen LogP contribution in [0.2, 0.25) is 0 Å². The Hall–Kier alpha value is -2.34. The average Bonchev–Trinajstić information content (AvgIpc) is 2.99. The van der Waals surface area contributed by atoms with Crippen LogP contribution < -0.4 is 0 Å². The van der Waals surface area contributed by atoms with Crippen LogP contribution in [0.3, 0.4) is 0 Å². The maximum absolute atomic E-state index is 2.39. The van der Waals surface area contributed by atoms with Gasteiger partial charge in [-0.1, -0.05) is 60.7 Å². The Labute approximate surface area is 125 Å². The number of allylic oxidation sites excluding steroid dienone is 1. The number of hydrogen-bond donors (Lipinski definition) is 0. The standard InChI is InChI=1S/C21H18/c1-14-18-10-6-7-11-19(18)15(2)21-13-17(12-20(14)21)16-8-4-3-5-9-16/h3-12H,13H2,1-2H3. The van der Waals surface area contributed by atoms with E-state index < -0.39 is 0 Å². The molecule has 3 aromatic rings. The first kappa shape index (κ1) is 12.4. The zero-order valence-electron chi connectivity index (χ0n) is 12.5. The third-order valence-corrected chi connectivity index (χ3v) is 4.75. The molecule has 0 spiro atoms. The van der Waals surface area contributed by atoms with Crippen LogP contribution in [0.4, 0.5) is 0 Å². The molecular formula is C21H18. The van der Waals surface area contributed by atoms with Gasteiger partial charge < -0.3 is 0 Å². The van der Waals surface area contributed by atoms with E-state index in [-0.39, 0.29) is 0 Å². The molecule has 0 saturated heterocycles. The van der Waals surface area contributed by atoms with Crippen molar-refractivity contribution in [3.05, 3.63) is 82.4 Å². The Morgan fingerprint density at radius 3 is 2.05 bits per heavy atom. The molecule has 0 atom stereocenters. The molecule has 4 rings (SSSR count). The monoisotopic (exact) mass is 270 g/mol. The summed E-state index contributed by atoms with van der Waals surface area (Å²) >= 11 is 0. The minimum atomic E-state index is 1.05. The van der Waals surface area contributed by atoms with Gasteiger partial charge in [-0.25, -0.2) is 0 Å². The van der Waals surface area contributed by atoms with Gasteiger partial charge in [0.05, 0.1) is 0 Å². The van der Waals surface area contributed by atoms with E-state index in [1.54, 1.807) is 0 Å². The van der Waals surface area contributed by atoms with Crippen molar-refractivity contribution in [2.75, 3.05) is 0 Å². The van der Waals surface area contributed by atoms with Crippen LogP contribution in [0, 0.1) is 13.8 Å². The van der Waals surface area contributed by atoms with Gasteiger partial charge in [-0.3, -0.25) is 0 Å². The summed E-state index contributed by atoms with van der Waals surface area (Å²) in [6.45, 7) is 4.52. The second-order valence-electron chi connectivity index (χ2n) is 5.90. The van der Waals surface area contributed by atoms with Gasteiger partial charge >= 0.3 is 0 Å². The predicted molar refractivity (Wildman–Crippen MR) is 91.4 cm³/mol. The van der Waals surface area contributed by atoms with Crippen LogP contribution in [0.5, 0.6) is 0 Å². The highest BCUT2D eigenvalue weighted by molar-refractivity contribution is 5.99. The van der Waals surface area contributed by atoms with Gasteiger partial charge in [-0.15, -0.1) is 0 Å². The molecule has 1 aliphatic carbocycles. The molecule has 0 fully saturated rings. The number of hydrogen-bond acceptors (Lipinski definition) is 0. The minimum absolute atomic E-state index is 1.05. The summed E-state index contributed by atoms with van der Waals surface area (Å²) in [4.78, 5) is 0. The molecule has 0 nitrogen and oxygen atoms in total. The zero-order valence-corrected chi connectivity index (χ0v) is 12.5. The molecule has 0 aromatic heterocycles. The Morgan fingerprint density at radius 2 is 1.33 bits per heavy atom. The molecule has 0 bridgehead atoms. The van der Waals surface area contributed by atoms with Gasteiger partial charge in [-0.2, -0.15) is 0 Å². The third kappa shape index (κ3) is 1.83. The van der Waals surface area contributed by atoms with Crippen molar-refractivity contribution in [3.63, 3.8) is 0 Å². The van der Waals surface area contributed by atoms with Crippen molar-refractivity contribution in [1.82, 2.24) is 0 Å². The fraction of sp³-hybridized carbons (Fsp3) is 0.143. The molecule has 1 aliphatic rings. The fourth-order valence-corrected chi connectivity index (χ4v) is 3.55. The lowest BCUT2D eigenvalue weighted by Crippen LogP contribution is -1.94. The molecule has 102 valence electrons. The van der Waals surface area contributed by atoms with E-state index in [1.165, 1.54) is 44.2 Å². The second kappa shape index (κ2) is 4.60. The summed E-state index contributed by atoms with van der Waals surface area (Å²) in [5.41, 5.74) is 8.57. The Bertz CT molecular complexity index is 867. The van der Waals surface area contributed by atoms with E-state index in [0.29, 0.717) is 0 Å². The van der Waals surface area contributed by atoms with E-state index in [2.05, 4.69) is 74.5 Å². The maximum atomic E-state index is 2.39. The summed E-state index contributed by atoms with van der Waals surface area (Å²) in [7, 11) is 0. The molecule has 0 saturated carbocycles. The van der Waals surface area contributed by atoms with Crippen LogP contribution in [0.25, 0.3) is 22.4 Å². The largest absolute Gasteiger partial charge is 0.0622 e. The molecule has 0 heterocycles. The Balaban J connectivity index is 1.95. The third-order valence-electron chi connectivity index (χ3n) is 4.75. The van der Waals surface area contributed by atoms with Crippen molar-refractivity contribution < 1.29 is 0 Å². The molecule has 3 aromatic carbocycles. The van der Waals surface area contributed by atoms with E-state index >= 15 is 0 Å². The van der Waals surface area contributed by atoms with Crippen molar-refractivity contribution in [2.45, 2.75) is 20.3 Å². The summed E-state index contributed by atoms with van der Waals surface area (Å²) in [6.07, 6.45) is 3.44. The van der Waals surface area contributed by atoms with Crippen LogP contribution in [-0.2, 0) is 6.42 Å². The van der Waals surface area contributed by atoms with Crippen molar-refractivity contribution in [1.29, 1.82) is 0 Å². The Kier molecular flexibility index (Phi) is 2.71. The predicted octanol–water partition coefficient (Wildman–Crippen LogP) is 5.55. The van der Waals surface area contributed by atoms with Gasteiger partial charge in [0.15, 0.2) is 0 Å². The number of fused-ring (bicyclic) bond motifs is 2. The van der Waals surface area contributed by atoms with Crippen LogP contribution in [-0.4, -0.2) is 0 Å². The van der Waals surface area contributed by atoms with Crippen molar-refractivity contribution in [2.24, 2.45) is 0 Å². The fourth-order valence-electron chi connectivity index (χ4n) is 3.55. The molecular weight excluding hydrogens is 252 g/mol. The maximum Gasteiger partial charge on any atom is -0.00107 e. The first-order valence-corrected chi connectivity index (χ1v) is 7.52. The number of aryl methyl sites for hydroxylation is 2. The highest BCUT2D eigenvalue weighted by Gasteiger charge is 2.20. The number of benzene rings is 3. The normalized spacial score (nSPS) is 13.3. The molecule has 21 heavy (non-hydrogen) atoms. The topological polar surface area (TPSA) is 0 Å². The Morgan fingerprint density at radius 1 is 0.714 bits per heavy atom. The molecule has 0 N–H and O–H groups in total. The lowest BCUT2D eigenvalue weighted by atomic mass is 9.91. The summed E-state index contributed by atoms with van der Waals surface area (Å²) in [5, 5.41) is 2.79. The van der Waals surface area contributed by atoms with E-state index in [1.807, 2.05) is 0 Å². The smallest absolute Gasteiger partial charge is 0.00107 e. The number of rotatable bonds is 1.